The van der Waals surface area contributed by atoms with Crippen LogP contribution in [0.25, 0.3) is 0 Å². The minimum Gasteiger partial charge on any atom is -0.338 e. The van der Waals surface area contributed by atoms with Crippen LogP contribution < -0.4 is 10.6 Å². The molecule has 4 nitrogen and oxygen atoms in total. The zero-order chi connectivity index (χ0) is 14.9. The van der Waals surface area contributed by atoms with E-state index in [1.165, 1.54) is 44.3 Å². The molecule has 0 bridgehead atoms. The number of carbonyl (C=O) groups is 1. The lowest BCUT2D eigenvalue weighted by Crippen LogP contribution is -2.32. The van der Waals surface area contributed by atoms with E-state index in [0.29, 0.717) is 0 Å². The molecule has 1 fully saturated rings. The molecule has 0 aromatic heterocycles. The molecule has 2 amide bonds. The molecule has 21 heavy (non-hydrogen) atoms. The summed E-state index contributed by atoms with van der Waals surface area (Å²) in [5, 5.41) is 5.78. The molecule has 1 heterocycles. The van der Waals surface area contributed by atoms with E-state index in [9.17, 15) is 4.79 Å². The number of likely N-dealkylation sites (tertiary alicyclic amines) is 1. The third-order valence-corrected chi connectivity index (χ3v) is 3.94. The predicted molar refractivity (Wildman–Crippen MR) is 87.7 cm³/mol. The fourth-order valence-corrected chi connectivity index (χ4v) is 2.68. The van der Waals surface area contributed by atoms with Crippen LogP contribution in [0, 0.1) is 6.92 Å². The minimum atomic E-state index is -0.116. The van der Waals surface area contributed by atoms with Gasteiger partial charge in [-0.15, -0.1) is 0 Å². The first kappa shape index (κ1) is 15.8. The Balaban J connectivity index is 1.59. The van der Waals surface area contributed by atoms with Crippen LogP contribution in [0.5, 0.6) is 0 Å². The average molecular weight is 289 g/mol. The molecule has 1 aromatic rings. The van der Waals surface area contributed by atoms with Crippen LogP contribution in [0.4, 0.5) is 10.5 Å². The molecule has 0 radical (unpaired) electrons. The third kappa shape index (κ3) is 6.17. The number of hydrogen-bond acceptors (Lipinski definition) is 2. The normalized spacial score (nSPS) is 16.2. The summed E-state index contributed by atoms with van der Waals surface area (Å²) in [4.78, 5) is 14.3. The number of nitrogens with one attached hydrogen (secondary N) is 2. The number of hydrogen-bond donors (Lipinski definition) is 2. The van der Waals surface area contributed by atoms with Crippen LogP contribution in [0.1, 0.15) is 37.7 Å². The van der Waals surface area contributed by atoms with Crippen molar-refractivity contribution in [1.82, 2.24) is 10.2 Å². The van der Waals surface area contributed by atoms with E-state index < -0.39 is 0 Å². The van der Waals surface area contributed by atoms with E-state index in [2.05, 4.69) is 15.5 Å². The zero-order valence-electron chi connectivity index (χ0n) is 13.0. The zero-order valence-corrected chi connectivity index (χ0v) is 13.0. The number of aryl methyl sites for hydroxylation is 1. The quantitative estimate of drug-likeness (QED) is 0.816. The molecule has 0 atom stereocenters. The number of anilines is 1. The molecular weight excluding hydrogens is 262 g/mol. The van der Waals surface area contributed by atoms with Gasteiger partial charge in [0, 0.05) is 12.2 Å². The molecule has 0 aliphatic carbocycles. The Hall–Kier alpha value is -1.55. The van der Waals surface area contributed by atoms with E-state index in [4.69, 9.17) is 0 Å². The van der Waals surface area contributed by atoms with Gasteiger partial charge in [0.1, 0.15) is 0 Å². The van der Waals surface area contributed by atoms with Crippen molar-refractivity contribution < 1.29 is 4.79 Å². The summed E-state index contributed by atoms with van der Waals surface area (Å²) >= 11 is 0. The van der Waals surface area contributed by atoms with Gasteiger partial charge in [-0.25, -0.2) is 4.79 Å². The maximum atomic E-state index is 11.8. The average Bonchev–Trinajstić information content (AvgIpc) is 2.75. The van der Waals surface area contributed by atoms with Gasteiger partial charge in [0.25, 0.3) is 0 Å². The van der Waals surface area contributed by atoms with Gasteiger partial charge in [0.15, 0.2) is 0 Å². The van der Waals surface area contributed by atoms with Crippen molar-refractivity contribution in [2.24, 2.45) is 0 Å². The lowest BCUT2D eigenvalue weighted by atomic mass is 10.2. The van der Waals surface area contributed by atoms with Crippen molar-refractivity contribution in [1.29, 1.82) is 0 Å². The molecular formula is C17H27N3O. The van der Waals surface area contributed by atoms with Crippen LogP contribution in [-0.2, 0) is 0 Å². The van der Waals surface area contributed by atoms with Crippen LogP contribution in [0.3, 0.4) is 0 Å². The number of benzene rings is 1. The van der Waals surface area contributed by atoms with Gasteiger partial charge < -0.3 is 15.5 Å². The van der Waals surface area contributed by atoms with Crippen LogP contribution in [0.2, 0.25) is 0 Å². The van der Waals surface area contributed by atoms with Gasteiger partial charge in [-0.2, -0.15) is 0 Å². The van der Waals surface area contributed by atoms with Crippen molar-refractivity contribution in [3.63, 3.8) is 0 Å². The standard InChI is InChI=1S/C17H27N3O/c1-15-7-9-16(10-8-15)19-17(21)18-11-6-14-20-12-4-2-3-5-13-20/h7-10H,2-6,11-14H2,1H3,(H2,18,19,21). The Kier molecular flexibility index (Phi) is 6.54. The first-order valence-corrected chi connectivity index (χ1v) is 8.08. The number of carbonyl (C=O) groups excluding carboxylic acids is 1. The highest BCUT2D eigenvalue weighted by Crippen LogP contribution is 2.10. The van der Waals surface area contributed by atoms with E-state index in [-0.39, 0.29) is 6.03 Å². The molecule has 0 unspecified atom stereocenters. The number of urea groups is 1. The fraction of sp³-hybridized carbons (Fsp3) is 0.588. The van der Waals surface area contributed by atoms with Crippen molar-refractivity contribution in [3.8, 4) is 0 Å². The number of nitrogens with zero attached hydrogens (tertiary/aromatic N) is 1. The van der Waals surface area contributed by atoms with Gasteiger partial charge in [0.05, 0.1) is 0 Å². The lowest BCUT2D eigenvalue weighted by Gasteiger charge is -2.19. The Morgan fingerprint density at radius 2 is 1.76 bits per heavy atom. The highest BCUT2D eigenvalue weighted by atomic mass is 16.2. The molecule has 116 valence electrons. The largest absolute Gasteiger partial charge is 0.338 e. The van der Waals surface area contributed by atoms with Crippen molar-refractivity contribution in [2.45, 2.75) is 39.0 Å². The molecule has 1 aliphatic rings. The lowest BCUT2D eigenvalue weighted by molar-refractivity contribution is 0.249. The molecule has 2 rings (SSSR count). The smallest absolute Gasteiger partial charge is 0.319 e. The van der Waals surface area contributed by atoms with Crippen molar-refractivity contribution in [3.05, 3.63) is 29.8 Å². The predicted octanol–water partition coefficient (Wildman–Crippen LogP) is 3.38. The van der Waals surface area contributed by atoms with Gasteiger partial charge in [-0.05, 0) is 58.0 Å². The summed E-state index contributed by atoms with van der Waals surface area (Å²) in [7, 11) is 0. The van der Waals surface area contributed by atoms with E-state index in [1.807, 2.05) is 31.2 Å². The second-order valence-corrected chi connectivity index (χ2v) is 5.86. The van der Waals surface area contributed by atoms with E-state index in [0.717, 1.165) is 25.2 Å². The highest BCUT2D eigenvalue weighted by molar-refractivity contribution is 5.89. The van der Waals surface area contributed by atoms with E-state index >= 15 is 0 Å². The summed E-state index contributed by atoms with van der Waals surface area (Å²) in [6.45, 7) is 6.29. The topological polar surface area (TPSA) is 44.4 Å². The molecule has 1 aliphatic heterocycles. The van der Waals surface area contributed by atoms with Gasteiger partial charge in [0.2, 0.25) is 0 Å². The second kappa shape index (κ2) is 8.67. The van der Waals surface area contributed by atoms with Gasteiger partial charge >= 0.3 is 6.03 Å². The summed E-state index contributed by atoms with van der Waals surface area (Å²) in [5.41, 5.74) is 2.03. The third-order valence-electron chi connectivity index (χ3n) is 3.94. The Morgan fingerprint density at radius 1 is 1.10 bits per heavy atom. The van der Waals surface area contributed by atoms with Crippen LogP contribution >= 0.6 is 0 Å². The van der Waals surface area contributed by atoms with Crippen molar-refractivity contribution >= 4 is 11.7 Å². The first-order valence-electron chi connectivity index (χ1n) is 8.08. The first-order chi connectivity index (χ1) is 10.2. The SMILES string of the molecule is Cc1ccc(NC(=O)NCCCN2CCCCCC2)cc1. The molecule has 1 aromatic carbocycles. The summed E-state index contributed by atoms with van der Waals surface area (Å²) in [5.74, 6) is 0. The molecule has 4 heteroatoms. The maximum absolute atomic E-state index is 11.8. The Morgan fingerprint density at radius 3 is 2.43 bits per heavy atom. The van der Waals surface area contributed by atoms with Crippen LogP contribution in [-0.4, -0.2) is 37.1 Å². The monoisotopic (exact) mass is 289 g/mol. The van der Waals surface area contributed by atoms with Gasteiger partial charge in [-0.3, -0.25) is 0 Å². The van der Waals surface area contributed by atoms with Crippen LogP contribution in [0.15, 0.2) is 24.3 Å². The summed E-state index contributed by atoms with van der Waals surface area (Å²) in [6.07, 6.45) is 6.39. The van der Waals surface area contributed by atoms with Crippen molar-refractivity contribution in [2.75, 3.05) is 31.5 Å². The maximum Gasteiger partial charge on any atom is 0.319 e. The molecule has 2 N–H and O–H groups in total. The number of rotatable bonds is 5. The Bertz CT molecular complexity index is 422. The molecule has 1 saturated heterocycles. The second-order valence-electron chi connectivity index (χ2n) is 5.86. The summed E-state index contributed by atoms with van der Waals surface area (Å²) < 4.78 is 0. The molecule has 0 spiro atoms. The summed E-state index contributed by atoms with van der Waals surface area (Å²) in [6, 6.07) is 7.72. The Labute approximate surface area is 127 Å². The molecule has 0 saturated carbocycles. The minimum absolute atomic E-state index is 0.116. The van der Waals surface area contributed by atoms with E-state index in [1.54, 1.807) is 0 Å². The highest BCUT2D eigenvalue weighted by Gasteiger charge is 2.08. The number of amides is 2. The fourth-order valence-electron chi connectivity index (χ4n) is 2.68. The van der Waals surface area contributed by atoms with Gasteiger partial charge in [-0.1, -0.05) is 30.5 Å².